The Balaban J connectivity index is 1.54. The SMILES string of the molecule is O=C(CCc1nc(-c2cccs2)no1)Nc1ccc(Br)cn1. The zero-order chi connectivity index (χ0) is 15.4. The van der Waals surface area contributed by atoms with Gasteiger partial charge < -0.3 is 9.84 Å². The third-order valence-corrected chi connectivity index (χ3v) is 4.11. The van der Waals surface area contributed by atoms with Crippen LogP contribution in [-0.2, 0) is 11.2 Å². The number of anilines is 1. The van der Waals surface area contributed by atoms with Crippen LogP contribution in [0, 0.1) is 0 Å². The summed E-state index contributed by atoms with van der Waals surface area (Å²) in [5.41, 5.74) is 0. The molecule has 1 N–H and O–H groups in total. The number of pyridine rings is 1. The summed E-state index contributed by atoms with van der Waals surface area (Å²) < 4.78 is 6.01. The Hall–Kier alpha value is -2.06. The van der Waals surface area contributed by atoms with Gasteiger partial charge in [-0.1, -0.05) is 11.2 Å². The summed E-state index contributed by atoms with van der Waals surface area (Å²) in [6, 6.07) is 7.39. The number of halogens is 1. The molecular formula is C14H11BrN4O2S. The fraction of sp³-hybridized carbons (Fsp3) is 0.143. The van der Waals surface area contributed by atoms with Gasteiger partial charge in [0.05, 0.1) is 4.88 Å². The van der Waals surface area contributed by atoms with Crippen LogP contribution in [0.1, 0.15) is 12.3 Å². The van der Waals surface area contributed by atoms with Gasteiger partial charge in [-0.05, 0) is 39.5 Å². The van der Waals surface area contributed by atoms with E-state index in [1.165, 1.54) is 0 Å². The van der Waals surface area contributed by atoms with Crippen LogP contribution in [0.5, 0.6) is 0 Å². The quantitative estimate of drug-likeness (QED) is 0.734. The molecule has 8 heteroatoms. The zero-order valence-electron chi connectivity index (χ0n) is 11.3. The van der Waals surface area contributed by atoms with Crippen LogP contribution in [0.2, 0.25) is 0 Å². The number of hydrogen-bond acceptors (Lipinski definition) is 6. The molecule has 3 aromatic heterocycles. The van der Waals surface area contributed by atoms with Crippen LogP contribution in [-0.4, -0.2) is 21.0 Å². The van der Waals surface area contributed by atoms with E-state index in [0.29, 0.717) is 24.0 Å². The molecule has 3 rings (SSSR count). The Morgan fingerprint density at radius 1 is 1.36 bits per heavy atom. The van der Waals surface area contributed by atoms with E-state index < -0.39 is 0 Å². The van der Waals surface area contributed by atoms with Crippen LogP contribution in [0.3, 0.4) is 0 Å². The molecule has 0 unspecified atom stereocenters. The summed E-state index contributed by atoms with van der Waals surface area (Å²) in [6.45, 7) is 0. The monoisotopic (exact) mass is 378 g/mol. The maximum absolute atomic E-state index is 11.9. The van der Waals surface area contributed by atoms with Gasteiger partial charge in [0, 0.05) is 23.5 Å². The van der Waals surface area contributed by atoms with E-state index in [9.17, 15) is 4.79 Å². The predicted molar refractivity (Wildman–Crippen MR) is 86.5 cm³/mol. The summed E-state index contributed by atoms with van der Waals surface area (Å²) in [7, 11) is 0. The number of hydrogen-bond donors (Lipinski definition) is 1. The number of nitrogens with one attached hydrogen (secondary N) is 1. The summed E-state index contributed by atoms with van der Waals surface area (Å²) >= 11 is 4.83. The smallest absolute Gasteiger partial charge is 0.227 e. The average Bonchev–Trinajstić information content (AvgIpc) is 3.18. The van der Waals surface area contributed by atoms with E-state index >= 15 is 0 Å². The zero-order valence-corrected chi connectivity index (χ0v) is 13.7. The highest BCUT2D eigenvalue weighted by Gasteiger charge is 2.11. The van der Waals surface area contributed by atoms with Gasteiger partial charge in [-0.3, -0.25) is 4.79 Å². The lowest BCUT2D eigenvalue weighted by atomic mass is 10.3. The van der Waals surface area contributed by atoms with Crippen molar-refractivity contribution in [3.63, 3.8) is 0 Å². The van der Waals surface area contributed by atoms with Gasteiger partial charge in [-0.25, -0.2) is 4.98 Å². The van der Waals surface area contributed by atoms with Crippen molar-refractivity contribution in [3.8, 4) is 10.7 Å². The Morgan fingerprint density at radius 3 is 3.00 bits per heavy atom. The number of rotatable bonds is 5. The molecule has 0 spiro atoms. The van der Waals surface area contributed by atoms with Crippen molar-refractivity contribution in [2.75, 3.05) is 5.32 Å². The molecule has 3 heterocycles. The fourth-order valence-electron chi connectivity index (χ4n) is 1.74. The summed E-state index contributed by atoms with van der Waals surface area (Å²) in [6.07, 6.45) is 2.27. The van der Waals surface area contributed by atoms with Crippen LogP contribution in [0.4, 0.5) is 5.82 Å². The molecule has 0 saturated heterocycles. The standard InChI is InChI=1S/C14H11BrN4O2S/c15-9-3-4-11(16-8-9)17-12(20)5-6-13-18-14(19-21-13)10-2-1-7-22-10/h1-4,7-8H,5-6H2,(H,16,17,20). The molecule has 0 aliphatic carbocycles. The number of carbonyl (C=O) groups is 1. The van der Waals surface area contributed by atoms with Gasteiger partial charge in [0.1, 0.15) is 5.82 Å². The Bertz CT molecular complexity index is 756. The average molecular weight is 379 g/mol. The van der Waals surface area contributed by atoms with Crippen molar-refractivity contribution in [1.82, 2.24) is 15.1 Å². The van der Waals surface area contributed by atoms with Crippen molar-refractivity contribution in [3.05, 3.63) is 46.2 Å². The second kappa shape index (κ2) is 6.80. The number of thiophene rings is 1. The number of nitrogens with zero attached hydrogens (tertiary/aromatic N) is 3. The van der Waals surface area contributed by atoms with Gasteiger partial charge in [0.15, 0.2) is 0 Å². The van der Waals surface area contributed by atoms with Crippen LogP contribution < -0.4 is 5.32 Å². The van der Waals surface area contributed by atoms with E-state index in [1.54, 1.807) is 23.6 Å². The highest BCUT2D eigenvalue weighted by Crippen LogP contribution is 2.21. The normalized spacial score (nSPS) is 10.6. The molecule has 0 fully saturated rings. The van der Waals surface area contributed by atoms with Gasteiger partial charge in [-0.2, -0.15) is 4.98 Å². The molecule has 0 aliphatic rings. The predicted octanol–water partition coefficient (Wildman–Crippen LogP) is 3.53. The lowest BCUT2D eigenvalue weighted by Crippen LogP contribution is -2.13. The molecule has 6 nitrogen and oxygen atoms in total. The van der Waals surface area contributed by atoms with E-state index in [0.717, 1.165) is 9.35 Å². The lowest BCUT2D eigenvalue weighted by Gasteiger charge is -2.02. The minimum atomic E-state index is -0.148. The van der Waals surface area contributed by atoms with Crippen molar-refractivity contribution in [1.29, 1.82) is 0 Å². The van der Waals surface area contributed by atoms with Crippen LogP contribution >= 0.6 is 27.3 Å². The molecule has 112 valence electrons. The minimum absolute atomic E-state index is 0.148. The van der Waals surface area contributed by atoms with Crippen LogP contribution in [0.25, 0.3) is 10.7 Å². The van der Waals surface area contributed by atoms with Crippen molar-refractivity contribution in [2.24, 2.45) is 0 Å². The maximum atomic E-state index is 11.9. The number of aromatic nitrogens is 3. The first-order chi connectivity index (χ1) is 10.7. The number of amides is 1. The topological polar surface area (TPSA) is 80.9 Å². The summed E-state index contributed by atoms with van der Waals surface area (Å²) in [5, 5.41) is 8.57. The molecular weight excluding hydrogens is 368 g/mol. The number of aryl methyl sites for hydroxylation is 1. The number of carbonyl (C=O) groups excluding carboxylic acids is 1. The molecule has 1 amide bonds. The van der Waals surface area contributed by atoms with Gasteiger partial charge in [0.25, 0.3) is 0 Å². The van der Waals surface area contributed by atoms with E-state index in [-0.39, 0.29) is 12.3 Å². The molecule has 0 radical (unpaired) electrons. The van der Waals surface area contributed by atoms with E-state index in [4.69, 9.17) is 4.52 Å². The molecule has 3 aromatic rings. The second-order valence-electron chi connectivity index (χ2n) is 4.40. The highest BCUT2D eigenvalue weighted by molar-refractivity contribution is 9.10. The molecule has 0 atom stereocenters. The highest BCUT2D eigenvalue weighted by atomic mass is 79.9. The molecule has 0 aliphatic heterocycles. The Labute approximate surface area is 138 Å². The van der Waals surface area contributed by atoms with Crippen molar-refractivity contribution < 1.29 is 9.32 Å². The molecule has 22 heavy (non-hydrogen) atoms. The maximum Gasteiger partial charge on any atom is 0.227 e. The van der Waals surface area contributed by atoms with Crippen LogP contribution in [0.15, 0.2) is 44.8 Å². The summed E-state index contributed by atoms with van der Waals surface area (Å²) in [5.74, 6) is 1.37. The lowest BCUT2D eigenvalue weighted by molar-refractivity contribution is -0.116. The first kappa shape index (κ1) is 14.9. The minimum Gasteiger partial charge on any atom is -0.339 e. The first-order valence-electron chi connectivity index (χ1n) is 6.48. The second-order valence-corrected chi connectivity index (χ2v) is 6.26. The Kier molecular flexibility index (Phi) is 4.59. The fourth-order valence-corrected chi connectivity index (χ4v) is 2.62. The van der Waals surface area contributed by atoms with E-state index in [1.807, 2.05) is 23.6 Å². The molecule has 0 bridgehead atoms. The first-order valence-corrected chi connectivity index (χ1v) is 8.16. The van der Waals surface area contributed by atoms with E-state index in [2.05, 4.69) is 36.4 Å². The van der Waals surface area contributed by atoms with Crippen molar-refractivity contribution >= 4 is 39.0 Å². The Morgan fingerprint density at radius 2 is 2.27 bits per heavy atom. The van der Waals surface area contributed by atoms with Gasteiger partial charge in [0.2, 0.25) is 17.6 Å². The molecule has 0 aromatic carbocycles. The van der Waals surface area contributed by atoms with Gasteiger partial charge >= 0.3 is 0 Å². The third-order valence-electron chi connectivity index (χ3n) is 2.77. The largest absolute Gasteiger partial charge is 0.339 e. The summed E-state index contributed by atoms with van der Waals surface area (Å²) in [4.78, 5) is 21.2. The third kappa shape index (κ3) is 3.77. The molecule has 0 saturated carbocycles. The van der Waals surface area contributed by atoms with Crippen molar-refractivity contribution in [2.45, 2.75) is 12.8 Å². The van der Waals surface area contributed by atoms with Gasteiger partial charge in [-0.15, -0.1) is 11.3 Å².